The van der Waals surface area contributed by atoms with Crippen LogP contribution in [0.4, 0.5) is 0 Å². The molecule has 0 unspecified atom stereocenters. The van der Waals surface area contributed by atoms with Crippen LogP contribution in [0.15, 0.2) is 0 Å². The van der Waals surface area contributed by atoms with Crippen molar-refractivity contribution >= 4 is 17.2 Å². The summed E-state index contributed by atoms with van der Waals surface area (Å²) in [6, 6.07) is 0. The Hall–Kier alpha value is -0.900. The number of aryl methyl sites for hydroxylation is 1. The molecule has 1 rings (SSSR count). The highest BCUT2D eigenvalue weighted by Gasteiger charge is 2.13. The van der Waals surface area contributed by atoms with Gasteiger partial charge in [-0.25, -0.2) is 4.98 Å². The van der Waals surface area contributed by atoms with Crippen molar-refractivity contribution in [1.82, 2.24) is 4.98 Å². The Labute approximate surface area is 95.2 Å². The van der Waals surface area contributed by atoms with Gasteiger partial charge in [0.15, 0.2) is 0 Å². The fourth-order valence-electron chi connectivity index (χ4n) is 1.45. The van der Waals surface area contributed by atoms with Gasteiger partial charge in [0, 0.05) is 6.42 Å². The first kappa shape index (κ1) is 12.2. The molecule has 0 aliphatic carbocycles. The van der Waals surface area contributed by atoms with Crippen LogP contribution in [-0.4, -0.2) is 10.8 Å². The molecule has 0 bridgehead atoms. The third kappa shape index (κ3) is 3.30. The second-order valence-electron chi connectivity index (χ2n) is 4.15. The molecule has 1 aromatic rings. The first-order chi connectivity index (χ1) is 7.04. The summed E-state index contributed by atoms with van der Waals surface area (Å²) in [6.07, 6.45) is 2.95. The number of thiazole rings is 1. The summed E-state index contributed by atoms with van der Waals surface area (Å²) in [5.41, 5.74) is 6.55. The molecule has 1 heterocycles. The number of hydrogen-bond donors (Lipinski definition) is 2. The predicted molar refractivity (Wildman–Crippen MR) is 65.7 cm³/mol. The van der Waals surface area contributed by atoms with Gasteiger partial charge < -0.3 is 5.73 Å². The van der Waals surface area contributed by atoms with Gasteiger partial charge in [0.05, 0.1) is 15.6 Å². The fraction of sp³-hybridized carbons (Fsp3) is 0.636. The van der Waals surface area contributed by atoms with Crippen molar-refractivity contribution in [3.05, 3.63) is 15.6 Å². The third-order valence-electron chi connectivity index (χ3n) is 2.06. The molecule has 1 aromatic heterocycles. The molecule has 84 valence electrons. The minimum atomic E-state index is 0.158. The van der Waals surface area contributed by atoms with E-state index in [-0.39, 0.29) is 5.84 Å². The molecule has 15 heavy (non-hydrogen) atoms. The monoisotopic (exact) mass is 225 g/mol. The zero-order chi connectivity index (χ0) is 11.4. The average Bonchev–Trinajstić information content (AvgIpc) is 2.47. The molecule has 0 fully saturated rings. The number of aromatic nitrogens is 1. The van der Waals surface area contributed by atoms with Crippen LogP contribution in [0, 0.1) is 11.3 Å². The van der Waals surface area contributed by atoms with Crippen LogP contribution in [0.3, 0.4) is 0 Å². The zero-order valence-electron chi connectivity index (χ0n) is 9.63. The fourth-order valence-corrected chi connectivity index (χ4v) is 2.64. The molecule has 0 radical (unpaired) electrons. The Morgan fingerprint density at radius 1 is 1.53 bits per heavy atom. The molecular formula is C11H19N3S. The first-order valence-electron chi connectivity index (χ1n) is 5.37. The SMILES string of the molecule is CCCc1nc(CC(C)C)sc1C(=N)N. The molecule has 3 N–H and O–H groups in total. The van der Waals surface area contributed by atoms with Gasteiger partial charge in [0.1, 0.15) is 5.84 Å². The lowest BCUT2D eigenvalue weighted by Crippen LogP contribution is -2.11. The summed E-state index contributed by atoms with van der Waals surface area (Å²) in [5, 5.41) is 8.61. The molecule has 0 atom stereocenters. The van der Waals surface area contributed by atoms with Crippen molar-refractivity contribution < 1.29 is 0 Å². The molecule has 0 saturated carbocycles. The molecule has 4 heteroatoms. The van der Waals surface area contributed by atoms with E-state index in [4.69, 9.17) is 11.1 Å². The van der Waals surface area contributed by atoms with Crippen molar-refractivity contribution in [3.63, 3.8) is 0 Å². The largest absolute Gasteiger partial charge is 0.383 e. The number of hydrogen-bond acceptors (Lipinski definition) is 3. The topological polar surface area (TPSA) is 62.8 Å². The van der Waals surface area contributed by atoms with Crippen molar-refractivity contribution in [2.45, 2.75) is 40.0 Å². The molecule has 0 saturated heterocycles. The van der Waals surface area contributed by atoms with Gasteiger partial charge in [0.25, 0.3) is 0 Å². The van der Waals surface area contributed by atoms with Crippen molar-refractivity contribution in [2.75, 3.05) is 0 Å². The third-order valence-corrected chi connectivity index (χ3v) is 3.21. The summed E-state index contributed by atoms with van der Waals surface area (Å²) in [7, 11) is 0. The van der Waals surface area contributed by atoms with Crippen LogP contribution in [-0.2, 0) is 12.8 Å². The lowest BCUT2D eigenvalue weighted by atomic mass is 10.1. The predicted octanol–water partition coefficient (Wildman–Crippen LogP) is 2.58. The molecule has 0 aromatic carbocycles. The van der Waals surface area contributed by atoms with E-state index in [1.165, 1.54) is 0 Å². The normalized spacial score (nSPS) is 10.9. The standard InChI is InChI=1S/C11H19N3S/c1-4-5-8-10(11(12)13)15-9(14-8)6-7(2)3/h7H,4-6H2,1-3H3,(H3,12,13). The summed E-state index contributed by atoms with van der Waals surface area (Å²) in [5.74, 6) is 0.761. The first-order valence-corrected chi connectivity index (χ1v) is 6.19. The van der Waals surface area contributed by atoms with E-state index < -0.39 is 0 Å². The minimum absolute atomic E-state index is 0.158. The second kappa shape index (κ2) is 5.26. The quantitative estimate of drug-likeness (QED) is 0.597. The van der Waals surface area contributed by atoms with E-state index >= 15 is 0 Å². The van der Waals surface area contributed by atoms with Crippen LogP contribution in [0.25, 0.3) is 0 Å². The van der Waals surface area contributed by atoms with Gasteiger partial charge in [-0.15, -0.1) is 11.3 Å². The summed E-state index contributed by atoms with van der Waals surface area (Å²) >= 11 is 1.58. The molecule has 0 spiro atoms. The molecule has 0 amide bonds. The Morgan fingerprint density at radius 3 is 2.67 bits per heavy atom. The maximum absolute atomic E-state index is 7.50. The van der Waals surface area contributed by atoms with Gasteiger partial charge in [-0.2, -0.15) is 0 Å². The van der Waals surface area contributed by atoms with E-state index in [1.807, 2.05) is 0 Å². The molecule has 0 aliphatic heterocycles. The Morgan fingerprint density at radius 2 is 2.20 bits per heavy atom. The van der Waals surface area contributed by atoms with E-state index in [9.17, 15) is 0 Å². The Bertz CT molecular complexity index is 342. The number of nitrogens with zero attached hydrogens (tertiary/aromatic N) is 1. The van der Waals surface area contributed by atoms with Gasteiger partial charge >= 0.3 is 0 Å². The van der Waals surface area contributed by atoms with Crippen molar-refractivity contribution in [1.29, 1.82) is 5.41 Å². The van der Waals surface area contributed by atoms with Crippen LogP contribution >= 0.6 is 11.3 Å². The minimum Gasteiger partial charge on any atom is -0.383 e. The maximum atomic E-state index is 7.50. The zero-order valence-corrected chi connectivity index (χ0v) is 10.4. The molecular weight excluding hydrogens is 206 g/mol. The number of amidine groups is 1. The maximum Gasteiger partial charge on any atom is 0.135 e. The van der Waals surface area contributed by atoms with Crippen molar-refractivity contribution in [3.8, 4) is 0 Å². The van der Waals surface area contributed by atoms with Gasteiger partial charge in [-0.05, 0) is 12.3 Å². The number of rotatable bonds is 5. The van der Waals surface area contributed by atoms with Gasteiger partial charge in [0.2, 0.25) is 0 Å². The molecule has 0 aliphatic rings. The highest BCUT2D eigenvalue weighted by Crippen LogP contribution is 2.21. The van der Waals surface area contributed by atoms with E-state index in [0.717, 1.165) is 34.8 Å². The van der Waals surface area contributed by atoms with E-state index in [1.54, 1.807) is 11.3 Å². The lowest BCUT2D eigenvalue weighted by Gasteiger charge is -1.98. The Balaban J connectivity index is 2.93. The highest BCUT2D eigenvalue weighted by atomic mass is 32.1. The number of nitrogen functional groups attached to an aromatic ring is 1. The highest BCUT2D eigenvalue weighted by molar-refractivity contribution is 7.13. The van der Waals surface area contributed by atoms with Crippen LogP contribution < -0.4 is 5.73 Å². The van der Waals surface area contributed by atoms with Crippen LogP contribution in [0.1, 0.15) is 42.8 Å². The lowest BCUT2D eigenvalue weighted by molar-refractivity contribution is 0.642. The van der Waals surface area contributed by atoms with Crippen LogP contribution in [0.2, 0.25) is 0 Å². The summed E-state index contributed by atoms with van der Waals surface area (Å²) < 4.78 is 0. The molecule has 3 nitrogen and oxygen atoms in total. The van der Waals surface area contributed by atoms with Gasteiger partial charge in [-0.1, -0.05) is 27.2 Å². The van der Waals surface area contributed by atoms with Crippen LogP contribution in [0.5, 0.6) is 0 Å². The van der Waals surface area contributed by atoms with E-state index in [0.29, 0.717) is 5.92 Å². The van der Waals surface area contributed by atoms with Crippen molar-refractivity contribution in [2.24, 2.45) is 11.7 Å². The number of nitrogens with two attached hydrogens (primary N) is 1. The second-order valence-corrected chi connectivity index (χ2v) is 5.23. The Kier molecular flexibility index (Phi) is 4.27. The average molecular weight is 225 g/mol. The summed E-state index contributed by atoms with van der Waals surface area (Å²) in [6.45, 7) is 6.47. The smallest absolute Gasteiger partial charge is 0.135 e. The van der Waals surface area contributed by atoms with Gasteiger partial charge in [-0.3, -0.25) is 5.41 Å². The number of nitrogens with one attached hydrogen (secondary N) is 1. The van der Waals surface area contributed by atoms with E-state index in [2.05, 4.69) is 25.8 Å². The summed E-state index contributed by atoms with van der Waals surface area (Å²) in [4.78, 5) is 5.43.